The molecular weight excluding hydrogens is 440 g/mol. The van der Waals surface area contributed by atoms with Crippen LogP contribution in [0.3, 0.4) is 0 Å². The highest BCUT2D eigenvalue weighted by molar-refractivity contribution is 5.66. The minimum absolute atomic E-state index is 0.208. The van der Waals surface area contributed by atoms with Gasteiger partial charge in [0, 0.05) is 18.8 Å². The minimum Gasteiger partial charge on any atom is -0.460 e. The molecule has 0 radical (unpaired) electrons. The average molecular weight is 493 g/mol. The van der Waals surface area contributed by atoms with Crippen molar-refractivity contribution >= 4 is 5.97 Å². The van der Waals surface area contributed by atoms with Crippen molar-refractivity contribution in [3.8, 4) is 0 Å². The lowest BCUT2D eigenvalue weighted by Crippen LogP contribution is -2.68. The molecule has 0 bridgehead atoms. The molecule has 0 heterocycles. The second-order valence-electron chi connectivity index (χ2n) is 14.2. The highest BCUT2D eigenvalue weighted by Crippen LogP contribution is 2.69. The Bertz CT molecular complexity index is 796. The van der Waals surface area contributed by atoms with Crippen LogP contribution in [-0.4, -0.2) is 44.7 Å². The first-order valence-corrected chi connectivity index (χ1v) is 14.4. The summed E-state index contributed by atoms with van der Waals surface area (Å²) in [7, 11) is 0. The average Bonchev–Trinajstić information content (AvgIpc) is 3.10. The lowest BCUT2D eigenvalue weighted by molar-refractivity contribution is -0.264. The van der Waals surface area contributed by atoms with Crippen LogP contribution in [0, 0.1) is 46.3 Å². The number of aliphatic hydroxyl groups excluding tert-OH is 2. The summed E-state index contributed by atoms with van der Waals surface area (Å²) >= 11 is 0. The molecule has 0 aromatic rings. The molecule has 4 aliphatic carbocycles. The van der Waals surface area contributed by atoms with Gasteiger partial charge < -0.3 is 20.1 Å². The molecule has 0 saturated heterocycles. The van der Waals surface area contributed by atoms with E-state index in [1.807, 2.05) is 13.8 Å². The number of esters is 1. The second kappa shape index (κ2) is 9.27. The summed E-state index contributed by atoms with van der Waals surface area (Å²) in [5.41, 5.74) is -1.62. The monoisotopic (exact) mass is 492 g/mol. The number of ether oxygens (including phenoxy) is 1. The molecule has 0 aromatic carbocycles. The van der Waals surface area contributed by atoms with E-state index in [1.54, 1.807) is 0 Å². The quantitative estimate of drug-likeness (QED) is 0.427. The molecule has 4 fully saturated rings. The van der Waals surface area contributed by atoms with Gasteiger partial charge in [-0.05, 0) is 106 Å². The highest BCUT2D eigenvalue weighted by atomic mass is 16.6. The van der Waals surface area contributed by atoms with Crippen LogP contribution in [-0.2, 0) is 9.53 Å². The molecule has 4 rings (SSSR count). The van der Waals surface area contributed by atoms with Gasteiger partial charge in [-0.3, -0.25) is 4.79 Å². The van der Waals surface area contributed by atoms with Gasteiger partial charge in [-0.15, -0.1) is 0 Å². The number of aliphatic hydroxyl groups is 3. The molecule has 0 spiro atoms. The van der Waals surface area contributed by atoms with E-state index in [0.717, 1.165) is 32.1 Å². The van der Waals surface area contributed by atoms with Crippen molar-refractivity contribution in [1.82, 2.24) is 0 Å². The zero-order chi connectivity index (χ0) is 26.0. The van der Waals surface area contributed by atoms with E-state index in [2.05, 4.69) is 27.7 Å². The third-order valence-corrected chi connectivity index (χ3v) is 12.2. The smallest absolute Gasteiger partial charge is 0.303 e. The molecule has 0 aromatic heterocycles. The Labute approximate surface area is 213 Å². The van der Waals surface area contributed by atoms with E-state index < -0.39 is 23.4 Å². The molecule has 4 aliphatic rings. The summed E-state index contributed by atoms with van der Waals surface area (Å²) in [6.45, 7) is 14.9. The Morgan fingerprint density at radius 2 is 1.71 bits per heavy atom. The van der Waals surface area contributed by atoms with Crippen LogP contribution in [0.4, 0.5) is 0 Å². The van der Waals surface area contributed by atoms with Crippen molar-refractivity contribution in [1.29, 1.82) is 0 Å². The Morgan fingerprint density at radius 1 is 1.03 bits per heavy atom. The van der Waals surface area contributed by atoms with Crippen molar-refractivity contribution < 1.29 is 24.9 Å². The van der Waals surface area contributed by atoms with Crippen molar-refractivity contribution in [3.05, 3.63) is 0 Å². The normalized spacial score (nSPS) is 47.3. The van der Waals surface area contributed by atoms with Gasteiger partial charge in [0.05, 0.1) is 17.8 Å². The Hall–Kier alpha value is -0.650. The van der Waals surface area contributed by atoms with Gasteiger partial charge >= 0.3 is 5.97 Å². The number of carbonyl (C=O) groups is 1. The summed E-state index contributed by atoms with van der Waals surface area (Å²) in [5, 5.41) is 33.2. The first kappa shape index (κ1) is 27.4. The number of fused-ring (bicyclic) bond motifs is 5. The van der Waals surface area contributed by atoms with Crippen molar-refractivity contribution in [2.75, 3.05) is 0 Å². The molecule has 35 heavy (non-hydrogen) atoms. The fourth-order valence-electron chi connectivity index (χ4n) is 9.77. The topological polar surface area (TPSA) is 87.0 Å². The maximum absolute atomic E-state index is 11.7. The van der Waals surface area contributed by atoms with E-state index in [0.29, 0.717) is 48.3 Å². The third-order valence-electron chi connectivity index (χ3n) is 12.2. The largest absolute Gasteiger partial charge is 0.460 e. The molecular formula is C30H52O5. The number of rotatable bonds is 6. The molecule has 5 nitrogen and oxygen atoms in total. The van der Waals surface area contributed by atoms with Gasteiger partial charge in [0.15, 0.2) is 0 Å². The predicted molar refractivity (Wildman–Crippen MR) is 137 cm³/mol. The summed E-state index contributed by atoms with van der Waals surface area (Å²) in [6.07, 6.45) is 8.29. The SMILES string of the molecule is CC(=O)OC(C)(C)[C@@H](C)CC[C@@H](C)[C@@H]1CC[C@@H]2[C@H]3C[C@@H](O)[C@@]4(O)C[C@@H](O)CC[C@]4(C)[C@@H]3CC[C@@]21C. The standard InChI is InChI=1S/C30H52O5/c1-18(8-9-19(2)27(4,5)35-20(3)31)23-10-11-24-22-16-26(33)30(34)17-21(32)12-15-29(30,7)25(22)13-14-28(23,24)6/h18-19,21-26,32-34H,8-17H2,1-7H3/t18-,19+,21+,22-,23+,24-,25-,26-,28-,29-,30+/m1/s1. The predicted octanol–water partition coefficient (Wildman–Crippen LogP) is 5.49. The molecule has 202 valence electrons. The fourth-order valence-corrected chi connectivity index (χ4v) is 9.77. The molecule has 0 amide bonds. The molecule has 4 saturated carbocycles. The summed E-state index contributed by atoms with van der Waals surface area (Å²) in [5.74, 6) is 2.89. The van der Waals surface area contributed by atoms with Crippen LogP contribution in [0.2, 0.25) is 0 Å². The Balaban J connectivity index is 1.46. The van der Waals surface area contributed by atoms with Gasteiger partial charge in [0.25, 0.3) is 0 Å². The maximum Gasteiger partial charge on any atom is 0.303 e. The van der Waals surface area contributed by atoms with Crippen molar-refractivity contribution in [2.24, 2.45) is 46.3 Å². The van der Waals surface area contributed by atoms with Gasteiger partial charge in [-0.1, -0.05) is 34.1 Å². The van der Waals surface area contributed by atoms with Crippen LogP contribution in [0.15, 0.2) is 0 Å². The molecule has 5 heteroatoms. The zero-order valence-electron chi connectivity index (χ0n) is 23.3. The molecule has 0 unspecified atom stereocenters. The second-order valence-corrected chi connectivity index (χ2v) is 14.2. The van der Waals surface area contributed by atoms with Crippen LogP contribution >= 0.6 is 0 Å². The van der Waals surface area contributed by atoms with E-state index in [-0.39, 0.29) is 16.8 Å². The Kier molecular flexibility index (Phi) is 7.26. The van der Waals surface area contributed by atoms with Crippen LogP contribution in [0.1, 0.15) is 113 Å². The van der Waals surface area contributed by atoms with E-state index in [4.69, 9.17) is 4.74 Å². The maximum atomic E-state index is 11.7. The fraction of sp³-hybridized carbons (Fsp3) is 0.967. The van der Waals surface area contributed by atoms with Gasteiger partial charge in [-0.25, -0.2) is 0 Å². The van der Waals surface area contributed by atoms with Crippen molar-refractivity contribution in [2.45, 2.75) is 136 Å². The number of hydrogen-bond donors (Lipinski definition) is 3. The number of hydrogen-bond acceptors (Lipinski definition) is 5. The minimum atomic E-state index is -1.16. The first-order valence-electron chi connectivity index (χ1n) is 14.4. The third kappa shape index (κ3) is 4.40. The first-order chi connectivity index (χ1) is 16.2. The van der Waals surface area contributed by atoms with Crippen LogP contribution in [0.5, 0.6) is 0 Å². The van der Waals surface area contributed by atoms with Crippen LogP contribution < -0.4 is 0 Å². The van der Waals surface area contributed by atoms with E-state index in [9.17, 15) is 20.1 Å². The lowest BCUT2D eigenvalue weighted by Gasteiger charge is -2.65. The summed E-state index contributed by atoms with van der Waals surface area (Å²) < 4.78 is 5.60. The van der Waals surface area contributed by atoms with E-state index >= 15 is 0 Å². The van der Waals surface area contributed by atoms with Crippen molar-refractivity contribution in [3.63, 3.8) is 0 Å². The van der Waals surface area contributed by atoms with E-state index in [1.165, 1.54) is 26.2 Å². The summed E-state index contributed by atoms with van der Waals surface area (Å²) in [6, 6.07) is 0. The van der Waals surface area contributed by atoms with Gasteiger partial charge in [0.2, 0.25) is 0 Å². The molecule has 0 aliphatic heterocycles. The number of carbonyl (C=O) groups excluding carboxylic acids is 1. The molecule has 3 N–H and O–H groups in total. The van der Waals surface area contributed by atoms with Crippen LogP contribution in [0.25, 0.3) is 0 Å². The van der Waals surface area contributed by atoms with Gasteiger partial charge in [0.1, 0.15) is 5.60 Å². The van der Waals surface area contributed by atoms with Gasteiger partial charge in [-0.2, -0.15) is 0 Å². The lowest BCUT2D eigenvalue weighted by atomic mass is 9.42. The summed E-state index contributed by atoms with van der Waals surface area (Å²) in [4.78, 5) is 11.5. The zero-order valence-corrected chi connectivity index (χ0v) is 23.3. The highest BCUT2D eigenvalue weighted by Gasteiger charge is 2.67. The Morgan fingerprint density at radius 3 is 2.37 bits per heavy atom. The molecule has 11 atom stereocenters.